The van der Waals surface area contributed by atoms with E-state index >= 15 is 0 Å². The number of carboxylic acids is 1. The van der Waals surface area contributed by atoms with Crippen molar-refractivity contribution in [3.63, 3.8) is 0 Å². The molecule has 0 radical (unpaired) electrons. The molecular formula is C11H22N2O4. The third-order valence-corrected chi connectivity index (χ3v) is 2.22. The summed E-state index contributed by atoms with van der Waals surface area (Å²) in [5.74, 6) is -0.936. The third-order valence-electron chi connectivity index (χ3n) is 2.22. The van der Waals surface area contributed by atoms with Crippen LogP contribution in [0.4, 0.5) is 4.79 Å². The summed E-state index contributed by atoms with van der Waals surface area (Å²) in [6.07, 6.45) is 0.740. The maximum atomic E-state index is 11.3. The van der Waals surface area contributed by atoms with Gasteiger partial charge in [-0.05, 0) is 27.2 Å². The van der Waals surface area contributed by atoms with Crippen molar-refractivity contribution < 1.29 is 19.4 Å². The number of carbonyl (C=O) groups excluding carboxylic acids is 1. The highest BCUT2D eigenvalue weighted by atomic mass is 16.5. The average Bonchev–Trinajstić information content (AvgIpc) is 2.26. The van der Waals surface area contributed by atoms with E-state index in [2.05, 4.69) is 10.6 Å². The lowest BCUT2D eigenvalue weighted by Gasteiger charge is -2.19. The Morgan fingerprint density at radius 3 is 2.47 bits per heavy atom. The molecule has 0 saturated carbocycles. The second kappa shape index (κ2) is 7.89. The standard InChI is InChI=1S/C11H22N2O4/c1-4-17-7-5-6-12-10(16)13-8-11(2,3)9(14)15/h4-8H2,1-3H3,(H,14,15)(H2,12,13,16). The van der Waals surface area contributed by atoms with Gasteiger partial charge in [0.1, 0.15) is 0 Å². The van der Waals surface area contributed by atoms with Gasteiger partial charge in [0, 0.05) is 26.3 Å². The molecule has 0 aromatic heterocycles. The Bertz CT molecular complexity index is 254. The Labute approximate surface area is 102 Å². The molecule has 0 aliphatic heterocycles. The van der Waals surface area contributed by atoms with Crippen LogP contribution in [0.15, 0.2) is 0 Å². The minimum absolute atomic E-state index is 0.0969. The molecule has 17 heavy (non-hydrogen) atoms. The van der Waals surface area contributed by atoms with E-state index in [0.29, 0.717) is 19.8 Å². The third kappa shape index (κ3) is 7.57. The number of rotatable bonds is 8. The second-order valence-electron chi connectivity index (χ2n) is 4.35. The maximum absolute atomic E-state index is 11.3. The highest BCUT2D eigenvalue weighted by Gasteiger charge is 2.27. The largest absolute Gasteiger partial charge is 0.481 e. The summed E-state index contributed by atoms with van der Waals surface area (Å²) in [7, 11) is 0. The van der Waals surface area contributed by atoms with E-state index in [4.69, 9.17) is 9.84 Å². The Hall–Kier alpha value is -1.30. The summed E-state index contributed by atoms with van der Waals surface area (Å²) in [6.45, 7) is 6.92. The van der Waals surface area contributed by atoms with Gasteiger partial charge >= 0.3 is 12.0 Å². The van der Waals surface area contributed by atoms with Crippen molar-refractivity contribution in [3.05, 3.63) is 0 Å². The molecule has 0 fully saturated rings. The first-order valence-corrected chi connectivity index (χ1v) is 5.73. The summed E-state index contributed by atoms with van der Waals surface area (Å²) >= 11 is 0. The van der Waals surface area contributed by atoms with Gasteiger partial charge in [-0.25, -0.2) is 4.79 Å². The zero-order valence-corrected chi connectivity index (χ0v) is 10.7. The highest BCUT2D eigenvalue weighted by molar-refractivity contribution is 5.77. The van der Waals surface area contributed by atoms with Gasteiger partial charge in [0.2, 0.25) is 0 Å². The Morgan fingerprint density at radius 1 is 1.29 bits per heavy atom. The zero-order valence-electron chi connectivity index (χ0n) is 10.7. The van der Waals surface area contributed by atoms with E-state index in [0.717, 1.165) is 6.42 Å². The highest BCUT2D eigenvalue weighted by Crippen LogP contribution is 2.12. The number of urea groups is 1. The van der Waals surface area contributed by atoms with E-state index in [1.165, 1.54) is 0 Å². The van der Waals surface area contributed by atoms with Crippen LogP contribution in [0.2, 0.25) is 0 Å². The maximum Gasteiger partial charge on any atom is 0.314 e. The van der Waals surface area contributed by atoms with Crippen LogP contribution in [0, 0.1) is 5.41 Å². The van der Waals surface area contributed by atoms with Crippen LogP contribution >= 0.6 is 0 Å². The Balaban J connectivity index is 3.63. The van der Waals surface area contributed by atoms with E-state index < -0.39 is 11.4 Å². The molecule has 2 amide bonds. The molecule has 0 aromatic rings. The average molecular weight is 246 g/mol. The molecule has 0 unspecified atom stereocenters. The van der Waals surface area contributed by atoms with E-state index in [9.17, 15) is 9.59 Å². The number of hydrogen-bond donors (Lipinski definition) is 3. The molecule has 6 nitrogen and oxygen atoms in total. The summed E-state index contributed by atoms with van der Waals surface area (Å²) in [4.78, 5) is 22.1. The zero-order chi connectivity index (χ0) is 13.3. The lowest BCUT2D eigenvalue weighted by Crippen LogP contribution is -2.43. The minimum Gasteiger partial charge on any atom is -0.481 e. The fourth-order valence-corrected chi connectivity index (χ4v) is 0.960. The second-order valence-corrected chi connectivity index (χ2v) is 4.35. The van der Waals surface area contributed by atoms with Gasteiger partial charge in [-0.2, -0.15) is 0 Å². The van der Waals surface area contributed by atoms with Crippen LogP contribution in [0.3, 0.4) is 0 Å². The van der Waals surface area contributed by atoms with Crippen molar-refractivity contribution in [3.8, 4) is 0 Å². The summed E-state index contributed by atoms with van der Waals surface area (Å²) < 4.78 is 5.11. The first-order valence-electron chi connectivity index (χ1n) is 5.73. The quantitative estimate of drug-likeness (QED) is 0.553. The van der Waals surface area contributed by atoms with Gasteiger partial charge in [0.25, 0.3) is 0 Å². The number of aliphatic carboxylic acids is 1. The molecule has 0 aliphatic carbocycles. The predicted octanol–water partition coefficient (Wildman–Crippen LogP) is 0.823. The molecule has 0 heterocycles. The van der Waals surface area contributed by atoms with Crippen LogP contribution in [0.5, 0.6) is 0 Å². The van der Waals surface area contributed by atoms with Crippen molar-refractivity contribution >= 4 is 12.0 Å². The number of nitrogens with one attached hydrogen (secondary N) is 2. The summed E-state index contributed by atoms with van der Waals surface area (Å²) in [5.41, 5.74) is -0.956. The monoisotopic (exact) mass is 246 g/mol. The molecule has 100 valence electrons. The van der Waals surface area contributed by atoms with Crippen molar-refractivity contribution in [1.29, 1.82) is 0 Å². The molecule has 0 bridgehead atoms. The molecule has 0 saturated heterocycles. The summed E-state index contributed by atoms with van der Waals surface area (Å²) in [6, 6.07) is -0.351. The van der Waals surface area contributed by atoms with Crippen LogP contribution in [0.25, 0.3) is 0 Å². The number of ether oxygens (including phenoxy) is 1. The first-order chi connectivity index (χ1) is 7.90. The van der Waals surface area contributed by atoms with Crippen molar-refractivity contribution in [2.24, 2.45) is 5.41 Å². The van der Waals surface area contributed by atoms with Crippen LogP contribution in [0.1, 0.15) is 27.2 Å². The van der Waals surface area contributed by atoms with Crippen molar-refractivity contribution in [2.45, 2.75) is 27.2 Å². The summed E-state index contributed by atoms with van der Waals surface area (Å²) in [5, 5.41) is 14.0. The van der Waals surface area contributed by atoms with Crippen molar-refractivity contribution in [2.75, 3.05) is 26.3 Å². The van der Waals surface area contributed by atoms with E-state index in [1.807, 2.05) is 6.92 Å². The Morgan fingerprint density at radius 2 is 1.94 bits per heavy atom. The van der Waals surface area contributed by atoms with Crippen LogP contribution in [-0.2, 0) is 9.53 Å². The molecular weight excluding hydrogens is 224 g/mol. The number of carbonyl (C=O) groups is 2. The Kier molecular flexibility index (Phi) is 7.29. The van der Waals surface area contributed by atoms with Gasteiger partial charge in [-0.3, -0.25) is 4.79 Å². The fraction of sp³-hybridized carbons (Fsp3) is 0.818. The van der Waals surface area contributed by atoms with Crippen LogP contribution < -0.4 is 10.6 Å². The fourth-order valence-electron chi connectivity index (χ4n) is 0.960. The SMILES string of the molecule is CCOCCCNC(=O)NCC(C)(C)C(=O)O. The molecule has 0 rings (SSSR count). The lowest BCUT2D eigenvalue weighted by atomic mass is 9.94. The predicted molar refractivity (Wildman–Crippen MR) is 63.9 cm³/mol. The number of amides is 2. The molecule has 6 heteroatoms. The number of carboxylic acid groups (broad SMARTS) is 1. The molecule has 3 N–H and O–H groups in total. The first kappa shape index (κ1) is 15.7. The molecule has 0 aromatic carbocycles. The normalized spacial score (nSPS) is 11.0. The minimum atomic E-state index is -0.956. The van der Waals surface area contributed by atoms with Gasteiger partial charge in [-0.1, -0.05) is 0 Å². The smallest absolute Gasteiger partial charge is 0.314 e. The van der Waals surface area contributed by atoms with Crippen LogP contribution in [-0.4, -0.2) is 43.4 Å². The van der Waals surface area contributed by atoms with E-state index in [1.54, 1.807) is 13.8 Å². The van der Waals surface area contributed by atoms with Gasteiger partial charge in [0.05, 0.1) is 5.41 Å². The van der Waals surface area contributed by atoms with Crippen molar-refractivity contribution in [1.82, 2.24) is 10.6 Å². The topological polar surface area (TPSA) is 87.7 Å². The lowest BCUT2D eigenvalue weighted by molar-refractivity contribution is -0.146. The molecule has 0 atom stereocenters. The molecule has 0 aliphatic rings. The number of hydrogen-bond acceptors (Lipinski definition) is 3. The van der Waals surface area contributed by atoms with Gasteiger partial charge in [-0.15, -0.1) is 0 Å². The molecule has 0 spiro atoms. The van der Waals surface area contributed by atoms with Gasteiger partial charge in [0.15, 0.2) is 0 Å². The van der Waals surface area contributed by atoms with Gasteiger partial charge < -0.3 is 20.5 Å². The van der Waals surface area contributed by atoms with E-state index in [-0.39, 0.29) is 12.6 Å².